The molecule has 0 aromatic heterocycles. The normalized spacial score (nSPS) is 11.8. The first kappa shape index (κ1) is 54.4. The van der Waals surface area contributed by atoms with Gasteiger partial charge in [-0.1, -0.05) is 245 Å². The van der Waals surface area contributed by atoms with Crippen LogP contribution in [-0.2, 0) is 28.6 Å². The summed E-state index contributed by atoms with van der Waals surface area (Å²) < 4.78 is 16.8. The summed E-state index contributed by atoms with van der Waals surface area (Å²) >= 11 is 0. The summed E-state index contributed by atoms with van der Waals surface area (Å²) in [6.45, 7) is 6.65. The summed E-state index contributed by atoms with van der Waals surface area (Å²) in [5, 5.41) is 0. The Balaban J connectivity index is 4.24. The van der Waals surface area contributed by atoms with Crippen LogP contribution in [0, 0.1) is 0 Å². The molecule has 0 rings (SSSR count). The Morgan fingerprint density at radius 1 is 0.286 bits per heavy atom. The second-order valence-corrected chi connectivity index (χ2v) is 17.1. The smallest absolute Gasteiger partial charge is 0.306 e. The maximum absolute atomic E-state index is 12.7. The number of unbranched alkanes of at least 4 members (excludes halogenated alkanes) is 35. The number of carbonyl (C=O) groups excluding carboxylic acids is 3. The van der Waals surface area contributed by atoms with Gasteiger partial charge in [0.25, 0.3) is 0 Å². The third-order valence-corrected chi connectivity index (χ3v) is 11.4. The molecule has 0 spiro atoms. The van der Waals surface area contributed by atoms with E-state index >= 15 is 0 Å². The van der Waals surface area contributed by atoms with Crippen molar-refractivity contribution >= 4 is 17.9 Å². The molecule has 0 aromatic carbocycles. The van der Waals surface area contributed by atoms with E-state index in [4.69, 9.17) is 14.2 Å². The standard InChI is InChI=1S/C50H96O6/c1-4-7-10-13-16-19-21-23-24-25-27-29-32-34-37-40-43-49(52)55-46-47(56-50(53)44-41-38-35-30-18-15-12-9-6-3)45-54-48(51)42-39-36-33-31-28-26-22-20-17-14-11-8-5-2/h47H,4-46H2,1-3H3/t47-/m0/s1. The van der Waals surface area contributed by atoms with Gasteiger partial charge in [-0.25, -0.2) is 0 Å². The van der Waals surface area contributed by atoms with Gasteiger partial charge in [-0.05, 0) is 19.3 Å². The van der Waals surface area contributed by atoms with Crippen molar-refractivity contribution in [3.63, 3.8) is 0 Å². The lowest BCUT2D eigenvalue weighted by Gasteiger charge is -2.18. The highest BCUT2D eigenvalue weighted by Gasteiger charge is 2.19. The molecular formula is C50H96O6. The third kappa shape index (κ3) is 43.5. The van der Waals surface area contributed by atoms with Crippen molar-refractivity contribution in [3.8, 4) is 0 Å². The zero-order valence-corrected chi connectivity index (χ0v) is 37.9. The number of esters is 3. The van der Waals surface area contributed by atoms with Gasteiger partial charge in [0.15, 0.2) is 6.10 Å². The fourth-order valence-electron chi connectivity index (χ4n) is 7.56. The predicted octanol–water partition coefficient (Wildman–Crippen LogP) is 16.0. The summed E-state index contributed by atoms with van der Waals surface area (Å²) in [7, 11) is 0. The molecule has 56 heavy (non-hydrogen) atoms. The second kappa shape index (κ2) is 46.1. The van der Waals surface area contributed by atoms with E-state index in [1.807, 2.05) is 0 Å². The van der Waals surface area contributed by atoms with Crippen LogP contribution in [0.3, 0.4) is 0 Å². The van der Waals surface area contributed by atoms with Crippen molar-refractivity contribution in [1.82, 2.24) is 0 Å². The first-order valence-electron chi connectivity index (χ1n) is 25.0. The second-order valence-electron chi connectivity index (χ2n) is 17.1. The molecule has 0 fully saturated rings. The molecule has 0 saturated carbocycles. The van der Waals surface area contributed by atoms with E-state index in [2.05, 4.69) is 20.8 Å². The van der Waals surface area contributed by atoms with Crippen LogP contribution >= 0.6 is 0 Å². The number of ether oxygens (including phenoxy) is 3. The van der Waals surface area contributed by atoms with Crippen LogP contribution in [0.25, 0.3) is 0 Å². The van der Waals surface area contributed by atoms with Crippen LogP contribution < -0.4 is 0 Å². The lowest BCUT2D eigenvalue weighted by molar-refractivity contribution is -0.167. The Kier molecular flexibility index (Phi) is 44.8. The molecule has 0 aliphatic heterocycles. The van der Waals surface area contributed by atoms with Gasteiger partial charge >= 0.3 is 17.9 Å². The molecule has 0 saturated heterocycles. The quantitative estimate of drug-likeness (QED) is 0.0347. The molecule has 332 valence electrons. The summed E-state index contributed by atoms with van der Waals surface area (Å²) in [5.74, 6) is -0.847. The molecule has 0 aromatic rings. The van der Waals surface area contributed by atoms with Gasteiger partial charge in [-0.3, -0.25) is 14.4 Å². The highest BCUT2D eigenvalue weighted by molar-refractivity contribution is 5.71. The third-order valence-electron chi connectivity index (χ3n) is 11.4. The van der Waals surface area contributed by atoms with E-state index in [1.54, 1.807) is 0 Å². The van der Waals surface area contributed by atoms with Crippen molar-refractivity contribution in [1.29, 1.82) is 0 Å². The molecule has 0 radical (unpaired) electrons. The number of carbonyl (C=O) groups is 3. The van der Waals surface area contributed by atoms with Crippen molar-refractivity contribution in [2.24, 2.45) is 0 Å². The Morgan fingerprint density at radius 2 is 0.482 bits per heavy atom. The maximum Gasteiger partial charge on any atom is 0.306 e. The fraction of sp³-hybridized carbons (Fsp3) is 0.940. The van der Waals surface area contributed by atoms with Gasteiger partial charge in [-0.15, -0.1) is 0 Å². The molecule has 0 unspecified atom stereocenters. The molecule has 0 N–H and O–H groups in total. The first-order valence-corrected chi connectivity index (χ1v) is 25.0. The first-order chi connectivity index (χ1) is 27.5. The minimum Gasteiger partial charge on any atom is -0.462 e. The Labute approximate surface area is 348 Å². The van der Waals surface area contributed by atoms with Crippen LogP contribution in [0.4, 0.5) is 0 Å². The summed E-state index contributed by atoms with van der Waals surface area (Å²) in [6, 6.07) is 0. The van der Waals surface area contributed by atoms with Crippen LogP contribution in [-0.4, -0.2) is 37.2 Å². The minimum absolute atomic E-state index is 0.0623. The van der Waals surface area contributed by atoms with Gasteiger partial charge in [0, 0.05) is 19.3 Å². The van der Waals surface area contributed by atoms with Gasteiger partial charge < -0.3 is 14.2 Å². The lowest BCUT2D eigenvalue weighted by atomic mass is 10.0. The molecule has 6 nitrogen and oxygen atoms in total. The average molecular weight is 793 g/mol. The van der Waals surface area contributed by atoms with E-state index in [-0.39, 0.29) is 31.1 Å². The largest absolute Gasteiger partial charge is 0.462 e. The lowest BCUT2D eigenvalue weighted by Crippen LogP contribution is -2.30. The SMILES string of the molecule is CCCCCCCCCCCCCCCCCCC(=O)OC[C@H](COC(=O)CCCCCCCCCCCCCCC)OC(=O)CCCCCCCCCCC. The molecule has 0 aliphatic rings. The maximum atomic E-state index is 12.7. The van der Waals surface area contributed by atoms with E-state index in [0.717, 1.165) is 57.8 Å². The summed E-state index contributed by atoms with van der Waals surface area (Å²) in [4.78, 5) is 37.8. The molecule has 0 aliphatic carbocycles. The molecule has 0 heterocycles. The molecule has 0 amide bonds. The topological polar surface area (TPSA) is 78.9 Å². The van der Waals surface area contributed by atoms with E-state index in [9.17, 15) is 14.4 Å². The predicted molar refractivity (Wildman–Crippen MR) is 238 cm³/mol. The van der Waals surface area contributed by atoms with Gasteiger partial charge in [0.2, 0.25) is 0 Å². The summed E-state index contributed by atoms with van der Waals surface area (Å²) in [5.41, 5.74) is 0. The van der Waals surface area contributed by atoms with Gasteiger partial charge in [-0.2, -0.15) is 0 Å². The van der Waals surface area contributed by atoms with E-state index in [0.29, 0.717) is 19.3 Å². The van der Waals surface area contributed by atoms with Crippen LogP contribution in [0.2, 0.25) is 0 Å². The average Bonchev–Trinajstić information content (AvgIpc) is 3.19. The minimum atomic E-state index is -0.758. The number of hydrogen-bond acceptors (Lipinski definition) is 6. The fourth-order valence-corrected chi connectivity index (χ4v) is 7.56. The van der Waals surface area contributed by atoms with Gasteiger partial charge in [0.05, 0.1) is 0 Å². The van der Waals surface area contributed by atoms with Crippen molar-refractivity contribution < 1.29 is 28.6 Å². The Morgan fingerprint density at radius 3 is 0.714 bits per heavy atom. The van der Waals surface area contributed by atoms with E-state index in [1.165, 1.54) is 186 Å². The van der Waals surface area contributed by atoms with Crippen LogP contribution in [0.1, 0.15) is 284 Å². The Hall–Kier alpha value is -1.59. The van der Waals surface area contributed by atoms with Crippen molar-refractivity contribution in [2.75, 3.05) is 13.2 Å². The van der Waals surface area contributed by atoms with Crippen LogP contribution in [0.15, 0.2) is 0 Å². The molecular weight excluding hydrogens is 697 g/mol. The molecule has 0 bridgehead atoms. The van der Waals surface area contributed by atoms with E-state index < -0.39 is 6.10 Å². The molecule has 6 heteroatoms. The summed E-state index contributed by atoms with van der Waals surface area (Å²) in [6.07, 6.45) is 48.0. The molecule has 1 atom stereocenters. The van der Waals surface area contributed by atoms with Crippen LogP contribution in [0.5, 0.6) is 0 Å². The number of hydrogen-bond donors (Lipinski definition) is 0. The zero-order valence-electron chi connectivity index (χ0n) is 37.9. The van der Waals surface area contributed by atoms with Crippen molar-refractivity contribution in [2.45, 2.75) is 290 Å². The number of rotatable bonds is 46. The van der Waals surface area contributed by atoms with Gasteiger partial charge in [0.1, 0.15) is 13.2 Å². The zero-order chi connectivity index (χ0) is 40.8. The highest BCUT2D eigenvalue weighted by Crippen LogP contribution is 2.16. The highest BCUT2D eigenvalue weighted by atomic mass is 16.6. The Bertz CT molecular complexity index is 828. The monoisotopic (exact) mass is 793 g/mol. The van der Waals surface area contributed by atoms with Crippen molar-refractivity contribution in [3.05, 3.63) is 0 Å².